The predicted molar refractivity (Wildman–Crippen MR) is 150 cm³/mol. The van der Waals surface area contributed by atoms with Gasteiger partial charge in [0.05, 0.1) is 5.52 Å². The van der Waals surface area contributed by atoms with Crippen molar-refractivity contribution in [3.05, 3.63) is 108 Å². The first-order valence-corrected chi connectivity index (χ1v) is 13.6. The molecule has 2 heterocycles. The van der Waals surface area contributed by atoms with Gasteiger partial charge in [0.2, 0.25) is 0 Å². The summed E-state index contributed by atoms with van der Waals surface area (Å²) >= 11 is 0. The SMILES string of the molecule is OC(c1ccc(NCc2cccc3cccnc23)cc1)N1CCN(C2(c3ccccc3)CCCC2)CC1. The zero-order chi connectivity index (χ0) is 25.1. The monoisotopic (exact) mass is 492 g/mol. The highest BCUT2D eigenvalue weighted by Gasteiger charge is 2.42. The standard InChI is InChI=1S/C32H36N4O/c37-31(35-20-22-36(23-21-35)32(17-4-5-18-32)28-11-2-1-3-12-28)26-13-15-29(16-14-26)34-24-27-9-6-8-25-10-7-19-33-30(25)27/h1-3,6-16,19,31,34,37H,4-5,17-18,20-24H2. The molecule has 6 rings (SSSR count). The summed E-state index contributed by atoms with van der Waals surface area (Å²) in [5.41, 5.74) is 5.84. The molecular formula is C32H36N4O. The van der Waals surface area contributed by atoms with Crippen LogP contribution in [0.1, 0.15) is 48.6 Å². The van der Waals surface area contributed by atoms with E-state index >= 15 is 0 Å². The summed E-state index contributed by atoms with van der Waals surface area (Å²) in [6.45, 7) is 4.45. The predicted octanol–water partition coefficient (Wildman–Crippen LogP) is 5.92. The third-order valence-corrected chi connectivity index (χ3v) is 8.42. The van der Waals surface area contributed by atoms with Gasteiger partial charge >= 0.3 is 0 Å². The van der Waals surface area contributed by atoms with Gasteiger partial charge in [0.25, 0.3) is 0 Å². The van der Waals surface area contributed by atoms with Crippen LogP contribution < -0.4 is 5.32 Å². The fourth-order valence-electron chi connectivity index (χ4n) is 6.38. The molecule has 2 aliphatic rings. The molecule has 5 nitrogen and oxygen atoms in total. The summed E-state index contributed by atoms with van der Waals surface area (Å²) in [6.07, 6.45) is 6.35. The lowest BCUT2D eigenvalue weighted by molar-refractivity contribution is -0.0517. The summed E-state index contributed by atoms with van der Waals surface area (Å²) in [6, 6.07) is 29.6. The van der Waals surface area contributed by atoms with Crippen molar-refractivity contribution in [2.75, 3.05) is 31.5 Å². The number of hydrogen-bond donors (Lipinski definition) is 2. The summed E-state index contributed by atoms with van der Waals surface area (Å²) in [7, 11) is 0. The molecule has 1 aliphatic heterocycles. The number of aromatic nitrogens is 1. The lowest BCUT2D eigenvalue weighted by Gasteiger charge is -2.47. The number of piperazine rings is 1. The van der Waals surface area contributed by atoms with Crippen LogP contribution in [0.4, 0.5) is 5.69 Å². The second-order valence-corrected chi connectivity index (χ2v) is 10.5. The van der Waals surface area contributed by atoms with Gasteiger partial charge in [-0.25, -0.2) is 0 Å². The van der Waals surface area contributed by atoms with Crippen molar-refractivity contribution >= 4 is 16.6 Å². The highest BCUT2D eigenvalue weighted by atomic mass is 16.3. The van der Waals surface area contributed by atoms with Gasteiger partial charge in [-0.05, 0) is 47.7 Å². The Kier molecular flexibility index (Phi) is 6.92. The minimum Gasteiger partial charge on any atom is -0.381 e. The van der Waals surface area contributed by atoms with E-state index in [9.17, 15) is 5.11 Å². The van der Waals surface area contributed by atoms with Crippen molar-refractivity contribution in [3.63, 3.8) is 0 Å². The van der Waals surface area contributed by atoms with Crippen LogP contribution in [0.3, 0.4) is 0 Å². The van der Waals surface area contributed by atoms with E-state index in [0.29, 0.717) is 6.54 Å². The number of aliphatic hydroxyl groups excluding tert-OH is 1. The summed E-state index contributed by atoms with van der Waals surface area (Å²) in [5, 5.41) is 15.8. The Hall–Kier alpha value is -3.25. The zero-order valence-electron chi connectivity index (χ0n) is 21.4. The number of para-hydroxylation sites is 1. The van der Waals surface area contributed by atoms with Crippen molar-refractivity contribution in [2.45, 2.75) is 44.0 Å². The van der Waals surface area contributed by atoms with E-state index in [1.165, 1.54) is 36.8 Å². The van der Waals surface area contributed by atoms with Gasteiger partial charge in [0.15, 0.2) is 0 Å². The molecule has 2 N–H and O–H groups in total. The molecule has 5 heteroatoms. The molecule has 0 bridgehead atoms. The summed E-state index contributed by atoms with van der Waals surface area (Å²) in [5.74, 6) is 0. The number of rotatable bonds is 7. The molecule has 37 heavy (non-hydrogen) atoms. The Bertz CT molecular complexity index is 1300. The van der Waals surface area contributed by atoms with Crippen LogP contribution in [0, 0.1) is 0 Å². The van der Waals surface area contributed by atoms with E-state index in [1.807, 2.05) is 24.4 Å². The number of benzene rings is 3. The number of fused-ring (bicyclic) bond motifs is 1. The van der Waals surface area contributed by atoms with E-state index in [2.05, 4.69) is 86.8 Å². The topological polar surface area (TPSA) is 51.6 Å². The van der Waals surface area contributed by atoms with Gasteiger partial charge in [-0.3, -0.25) is 14.8 Å². The van der Waals surface area contributed by atoms with Crippen LogP contribution in [0.2, 0.25) is 0 Å². The van der Waals surface area contributed by atoms with Crippen LogP contribution >= 0.6 is 0 Å². The van der Waals surface area contributed by atoms with E-state index < -0.39 is 6.23 Å². The molecule has 1 aliphatic carbocycles. The average molecular weight is 493 g/mol. The Morgan fingerprint density at radius 3 is 2.30 bits per heavy atom. The van der Waals surface area contributed by atoms with Crippen molar-refractivity contribution < 1.29 is 5.11 Å². The highest BCUT2D eigenvalue weighted by molar-refractivity contribution is 5.81. The number of pyridine rings is 1. The molecule has 3 aromatic carbocycles. The van der Waals surface area contributed by atoms with E-state index in [1.54, 1.807) is 0 Å². The molecule has 2 fully saturated rings. The minimum absolute atomic E-state index is 0.172. The van der Waals surface area contributed by atoms with Crippen molar-refractivity contribution in [2.24, 2.45) is 0 Å². The van der Waals surface area contributed by atoms with Gasteiger partial charge in [-0.15, -0.1) is 0 Å². The van der Waals surface area contributed by atoms with Crippen LogP contribution in [-0.4, -0.2) is 46.1 Å². The second-order valence-electron chi connectivity index (χ2n) is 10.5. The number of aliphatic hydroxyl groups is 1. The Morgan fingerprint density at radius 1 is 0.811 bits per heavy atom. The molecule has 0 spiro atoms. The van der Waals surface area contributed by atoms with E-state index in [4.69, 9.17) is 0 Å². The maximum Gasteiger partial charge on any atom is 0.133 e. The molecule has 1 atom stereocenters. The normalized spacial score (nSPS) is 19.2. The number of nitrogens with one attached hydrogen (secondary N) is 1. The first-order valence-electron chi connectivity index (χ1n) is 13.6. The first-order chi connectivity index (χ1) is 18.2. The molecule has 4 aromatic rings. The van der Waals surface area contributed by atoms with Gasteiger partial charge < -0.3 is 10.4 Å². The first kappa shape index (κ1) is 24.1. The van der Waals surface area contributed by atoms with E-state index in [-0.39, 0.29) is 5.54 Å². The fraction of sp³-hybridized carbons (Fsp3) is 0.344. The van der Waals surface area contributed by atoms with Gasteiger partial charge in [0.1, 0.15) is 6.23 Å². The highest BCUT2D eigenvalue weighted by Crippen LogP contribution is 2.44. The molecule has 1 saturated heterocycles. The van der Waals surface area contributed by atoms with E-state index in [0.717, 1.165) is 48.3 Å². The molecule has 0 amide bonds. The molecule has 1 unspecified atom stereocenters. The van der Waals surface area contributed by atoms with Crippen molar-refractivity contribution in [1.82, 2.24) is 14.8 Å². The second kappa shape index (κ2) is 10.6. The minimum atomic E-state index is -0.574. The third kappa shape index (κ3) is 4.87. The van der Waals surface area contributed by atoms with Gasteiger partial charge in [-0.1, -0.05) is 79.6 Å². The van der Waals surface area contributed by atoms with Crippen LogP contribution in [-0.2, 0) is 12.1 Å². The van der Waals surface area contributed by atoms with Crippen LogP contribution in [0.15, 0.2) is 91.1 Å². The number of nitrogens with zero attached hydrogens (tertiary/aromatic N) is 3. The quantitative estimate of drug-likeness (QED) is 0.335. The summed E-state index contributed by atoms with van der Waals surface area (Å²) in [4.78, 5) is 9.46. The lowest BCUT2D eigenvalue weighted by Crippen LogP contribution is -2.55. The smallest absolute Gasteiger partial charge is 0.133 e. The average Bonchev–Trinajstić information content (AvgIpc) is 3.48. The lowest BCUT2D eigenvalue weighted by atomic mass is 9.85. The molecule has 190 valence electrons. The maximum absolute atomic E-state index is 11.2. The Balaban J connectivity index is 1.07. The largest absolute Gasteiger partial charge is 0.381 e. The molecule has 0 radical (unpaired) electrons. The number of anilines is 1. The Morgan fingerprint density at radius 2 is 1.54 bits per heavy atom. The zero-order valence-corrected chi connectivity index (χ0v) is 21.4. The molecule has 1 aromatic heterocycles. The Labute approximate surface area is 219 Å². The third-order valence-electron chi connectivity index (χ3n) is 8.42. The van der Waals surface area contributed by atoms with Crippen molar-refractivity contribution in [3.8, 4) is 0 Å². The van der Waals surface area contributed by atoms with Gasteiger partial charge in [-0.2, -0.15) is 0 Å². The van der Waals surface area contributed by atoms with Crippen LogP contribution in [0.5, 0.6) is 0 Å². The maximum atomic E-state index is 11.2. The molecular weight excluding hydrogens is 456 g/mol. The summed E-state index contributed by atoms with van der Waals surface area (Å²) < 4.78 is 0. The number of hydrogen-bond acceptors (Lipinski definition) is 5. The fourth-order valence-corrected chi connectivity index (χ4v) is 6.38. The molecule has 1 saturated carbocycles. The van der Waals surface area contributed by atoms with Crippen molar-refractivity contribution in [1.29, 1.82) is 0 Å². The van der Waals surface area contributed by atoms with Gasteiger partial charge in [0, 0.05) is 55.5 Å². The van der Waals surface area contributed by atoms with Crippen LogP contribution in [0.25, 0.3) is 10.9 Å².